The highest BCUT2D eigenvalue weighted by Gasteiger charge is 2.22. The first-order valence-corrected chi connectivity index (χ1v) is 10.5. The number of fused-ring (bicyclic) bond motifs is 1. The van der Waals surface area contributed by atoms with E-state index in [4.69, 9.17) is 4.74 Å². The SMILES string of the molecule is Cc1ccc(CNC(=O)c2ccc3c(c2)CN(C(=O)c2ccsc2)CCO3)cc1. The van der Waals surface area contributed by atoms with E-state index in [1.807, 2.05) is 60.1 Å². The molecule has 0 radical (unpaired) electrons. The minimum absolute atomic E-state index is 0.0167. The van der Waals surface area contributed by atoms with Crippen LogP contribution in [0.1, 0.15) is 37.4 Å². The van der Waals surface area contributed by atoms with Crippen LogP contribution in [-0.2, 0) is 13.1 Å². The lowest BCUT2D eigenvalue weighted by molar-refractivity contribution is 0.0733. The summed E-state index contributed by atoms with van der Waals surface area (Å²) >= 11 is 1.50. The molecule has 0 saturated carbocycles. The van der Waals surface area contributed by atoms with E-state index in [1.165, 1.54) is 16.9 Å². The van der Waals surface area contributed by atoms with Crippen molar-refractivity contribution in [3.05, 3.63) is 87.1 Å². The molecule has 0 atom stereocenters. The van der Waals surface area contributed by atoms with Gasteiger partial charge in [-0.3, -0.25) is 9.59 Å². The molecule has 1 N–H and O–H groups in total. The summed E-state index contributed by atoms with van der Waals surface area (Å²) in [7, 11) is 0. The average Bonchev–Trinajstić information content (AvgIpc) is 3.19. The molecule has 2 heterocycles. The summed E-state index contributed by atoms with van der Waals surface area (Å²) in [5.74, 6) is 0.561. The van der Waals surface area contributed by atoms with Crippen LogP contribution < -0.4 is 10.1 Å². The maximum absolute atomic E-state index is 12.7. The molecule has 148 valence electrons. The Balaban J connectivity index is 1.47. The molecule has 0 aliphatic carbocycles. The normalized spacial score (nSPS) is 13.2. The second kappa shape index (κ2) is 8.49. The number of rotatable bonds is 4. The third-order valence-corrected chi connectivity index (χ3v) is 5.61. The van der Waals surface area contributed by atoms with Gasteiger partial charge in [0.15, 0.2) is 0 Å². The zero-order valence-electron chi connectivity index (χ0n) is 16.2. The Hall–Kier alpha value is -3.12. The molecule has 1 aliphatic rings. The van der Waals surface area contributed by atoms with Crippen LogP contribution >= 0.6 is 11.3 Å². The van der Waals surface area contributed by atoms with Crippen LogP contribution in [0, 0.1) is 6.92 Å². The van der Waals surface area contributed by atoms with Gasteiger partial charge in [0.05, 0.1) is 12.1 Å². The van der Waals surface area contributed by atoms with E-state index in [0.717, 1.165) is 16.9 Å². The molecule has 4 rings (SSSR count). The summed E-state index contributed by atoms with van der Waals surface area (Å²) in [6.07, 6.45) is 0. The van der Waals surface area contributed by atoms with Crippen molar-refractivity contribution in [2.45, 2.75) is 20.0 Å². The standard InChI is InChI=1S/C23H22N2O3S/c1-16-2-4-17(5-3-16)13-24-22(26)18-6-7-21-20(12-18)14-25(9-10-28-21)23(27)19-8-11-29-15-19/h2-8,11-12,15H,9-10,13-14H2,1H3,(H,24,26). The van der Waals surface area contributed by atoms with Gasteiger partial charge < -0.3 is 15.0 Å². The number of ether oxygens (including phenoxy) is 1. The number of carbonyl (C=O) groups is 2. The molecular formula is C23H22N2O3S. The predicted molar refractivity (Wildman–Crippen MR) is 113 cm³/mol. The van der Waals surface area contributed by atoms with Crippen LogP contribution in [0.25, 0.3) is 0 Å². The Morgan fingerprint density at radius 1 is 1.10 bits per heavy atom. The summed E-state index contributed by atoms with van der Waals surface area (Å²) in [6.45, 7) is 3.87. The summed E-state index contributed by atoms with van der Waals surface area (Å²) < 4.78 is 5.80. The second-order valence-electron chi connectivity index (χ2n) is 7.08. The van der Waals surface area contributed by atoms with Crippen molar-refractivity contribution >= 4 is 23.2 Å². The highest BCUT2D eigenvalue weighted by atomic mass is 32.1. The van der Waals surface area contributed by atoms with Gasteiger partial charge in [-0.25, -0.2) is 0 Å². The van der Waals surface area contributed by atoms with E-state index in [0.29, 0.717) is 37.4 Å². The van der Waals surface area contributed by atoms with Gasteiger partial charge in [-0.1, -0.05) is 29.8 Å². The fourth-order valence-corrected chi connectivity index (χ4v) is 3.90. The first kappa shape index (κ1) is 19.2. The summed E-state index contributed by atoms with van der Waals surface area (Å²) in [5, 5.41) is 6.70. The van der Waals surface area contributed by atoms with Crippen LogP contribution in [0.5, 0.6) is 5.75 Å². The van der Waals surface area contributed by atoms with Crippen molar-refractivity contribution in [2.75, 3.05) is 13.2 Å². The van der Waals surface area contributed by atoms with Crippen molar-refractivity contribution in [3.8, 4) is 5.75 Å². The maximum Gasteiger partial charge on any atom is 0.255 e. The highest BCUT2D eigenvalue weighted by molar-refractivity contribution is 7.08. The van der Waals surface area contributed by atoms with Crippen molar-refractivity contribution in [1.29, 1.82) is 0 Å². The van der Waals surface area contributed by atoms with Crippen LogP contribution in [0.4, 0.5) is 0 Å². The molecule has 1 aliphatic heterocycles. The minimum atomic E-state index is -0.145. The molecule has 5 nitrogen and oxygen atoms in total. The number of nitrogens with zero attached hydrogens (tertiary/aromatic N) is 1. The molecule has 3 aromatic rings. The smallest absolute Gasteiger partial charge is 0.255 e. The monoisotopic (exact) mass is 406 g/mol. The zero-order chi connectivity index (χ0) is 20.2. The van der Waals surface area contributed by atoms with Gasteiger partial charge in [0.2, 0.25) is 0 Å². The van der Waals surface area contributed by atoms with E-state index in [9.17, 15) is 9.59 Å². The topological polar surface area (TPSA) is 58.6 Å². The van der Waals surface area contributed by atoms with E-state index in [2.05, 4.69) is 5.32 Å². The molecule has 2 aromatic carbocycles. The summed E-state index contributed by atoms with van der Waals surface area (Å²) in [5.41, 5.74) is 4.32. The van der Waals surface area contributed by atoms with Crippen LogP contribution in [-0.4, -0.2) is 29.9 Å². The summed E-state index contributed by atoms with van der Waals surface area (Å²) in [4.78, 5) is 27.1. The molecule has 0 spiro atoms. The number of nitrogens with one attached hydrogen (secondary N) is 1. The predicted octanol–water partition coefficient (Wildman–Crippen LogP) is 4.02. The van der Waals surface area contributed by atoms with Gasteiger partial charge in [-0.15, -0.1) is 0 Å². The van der Waals surface area contributed by atoms with E-state index in [1.54, 1.807) is 11.0 Å². The molecule has 0 unspecified atom stereocenters. The third-order valence-electron chi connectivity index (χ3n) is 4.93. The lowest BCUT2D eigenvalue weighted by atomic mass is 10.1. The first-order valence-electron chi connectivity index (χ1n) is 9.51. The van der Waals surface area contributed by atoms with Gasteiger partial charge in [0, 0.05) is 29.6 Å². The van der Waals surface area contributed by atoms with Crippen LogP contribution in [0.2, 0.25) is 0 Å². The van der Waals surface area contributed by atoms with Gasteiger partial charge in [-0.05, 0) is 42.1 Å². The fourth-order valence-electron chi connectivity index (χ4n) is 3.27. The number of aryl methyl sites for hydroxylation is 1. The molecule has 1 aromatic heterocycles. The third kappa shape index (κ3) is 4.49. The fraction of sp³-hybridized carbons (Fsp3) is 0.217. The molecule has 0 saturated heterocycles. The largest absolute Gasteiger partial charge is 0.491 e. The van der Waals surface area contributed by atoms with Crippen molar-refractivity contribution in [3.63, 3.8) is 0 Å². The lowest BCUT2D eigenvalue weighted by Crippen LogP contribution is -2.32. The molecule has 0 bridgehead atoms. The number of hydrogen-bond acceptors (Lipinski definition) is 4. The van der Waals surface area contributed by atoms with E-state index < -0.39 is 0 Å². The molecule has 0 fully saturated rings. The van der Waals surface area contributed by atoms with Gasteiger partial charge in [0.1, 0.15) is 12.4 Å². The zero-order valence-corrected chi connectivity index (χ0v) is 17.0. The second-order valence-corrected chi connectivity index (χ2v) is 7.86. The van der Waals surface area contributed by atoms with Crippen molar-refractivity contribution in [2.24, 2.45) is 0 Å². The van der Waals surface area contributed by atoms with E-state index in [-0.39, 0.29) is 11.8 Å². The van der Waals surface area contributed by atoms with Gasteiger partial charge >= 0.3 is 0 Å². The average molecular weight is 407 g/mol. The Morgan fingerprint density at radius 3 is 2.69 bits per heavy atom. The van der Waals surface area contributed by atoms with Crippen LogP contribution in [0.15, 0.2) is 59.3 Å². The quantitative estimate of drug-likeness (QED) is 0.712. The minimum Gasteiger partial charge on any atom is -0.491 e. The van der Waals surface area contributed by atoms with Crippen LogP contribution in [0.3, 0.4) is 0 Å². The number of carbonyl (C=O) groups excluding carboxylic acids is 2. The molecule has 2 amide bonds. The summed E-state index contributed by atoms with van der Waals surface area (Å²) in [6, 6.07) is 15.3. The number of hydrogen-bond donors (Lipinski definition) is 1. The highest BCUT2D eigenvalue weighted by Crippen LogP contribution is 2.25. The van der Waals surface area contributed by atoms with Gasteiger partial charge in [-0.2, -0.15) is 11.3 Å². The first-order chi connectivity index (χ1) is 14.1. The number of benzene rings is 2. The maximum atomic E-state index is 12.7. The number of thiophene rings is 1. The molecule has 29 heavy (non-hydrogen) atoms. The van der Waals surface area contributed by atoms with Crippen molar-refractivity contribution in [1.82, 2.24) is 10.2 Å². The van der Waals surface area contributed by atoms with E-state index >= 15 is 0 Å². The Morgan fingerprint density at radius 2 is 1.93 bits per heavy atom. The molecular weight excluding hydrogens is 384 g/mol. The molecule has 6 heteroatoms. The lowest BCUT2D eigenvalue weighted by Gasteiger charge is -2.19. The Bertz CT molecular complexity index is 1010. The van der Waals surface area contributed by atoms with Crippen molar-refractivity contribution < 1.29 is 14.3 Å². The Kier molecular flexibility index (Phi) is 5.62. The number of amides is 2. The Labute approximate surface area is 173 Å². The van der Waals surface area contributed by atoms with Gasteiger partial charge in [0.25, 0.3) is 11.8 Å².